The molecule has 3 nitrogen and oxygen atoms in total. The molecule has 0 aromatic rings. The van der Waals surface area contributed by atoms with Crippen molar-refractivity contribution in [3.8, 4) is 0 Å². The fourth-order valence-corrected chi connectivity index (χ4v) is 3.79. The maximum Gasteiger partial charge on any atom is 0.303 e. The van der Waals surface area contributed by atoms with Gasteiger partial charge in [0.15, 0.2) is 0 Å². The lowest BCUT2D eigenvalue weighted by Gasteiger charge is -2.47. The van der Waals surface area contributed by atoms with Crippen molar-refractivity contribution in [2.75, 3.05) is 13.1 Å². The van der Waals surface area contributed by atoms with Gasteiger partial charge in [0.25, 0.3) is 0 Å². The van der Waals surface area contributed by atoms with Crippen molar-refractivity contribution in [1.29, 1.82) is 0 Å². The molecular weight excluding hydrogens is 226 g/mol. The highest BCUT2D eigenvalue weighted by Crippen LogP contribution is 2.39. The van der Waals surface area contributed by atoms with Crippen molar-refractivity contribution in [3.63, 3.8) is 0 Å². The molecule has 0 bridgehead atoms. The van der Waals surface area contributed by atoms with E-state index < -0.39 is 5.97 Å². The normalized spacial score (nSPS) is 30.2. The van der Waals surface area contributed by atoms with E-state index in [1.165, 1.54) is 32.1 Å². The summed E-state index contributed by atoms with van der Waals surface area (Å²) in [5.74, 6) is -0.297. The van der Waals surface area contributed by atoms with E-state index in [2.05, 4.69) is 18.7 Å². The molecule has 0 radical (unpaired) electrons. The maximum atomic E-state index is 10.9. The number of rotatable bonds is 3. The fourth-order valence-electron chi connectivity index (χ4n) is 3.79. The molecule has 1 saturated carbocycles. The molecule has 1 aliphatic carbocycles. The lowest BCUT2D eigenvalue weighted by Crippen LogP contribution is -2.50. The van der Waals surface area contributed by atoms with E-state index >= 15 is 0 Å². The number of hydrogen-bond donors (Lipinski definition) is 1. The zero-order chi connectivity index (χ0) is 13.2. The Morgan fingerprint density at radius 3 is 2.44 bits per heavy atom. The van der Waals surface area contributed by atoms with Crippen LogP contribution < -0.4 is 0 Å². The highest BCUT2D eigenvalue weighted by Gasteiger charge is 2.38. The average Bonchev–Trinajstić information content (AvgIpc) is 2.32. The number of carbonyl (C=O) groups is 1. The Labute approximate surface area is 111 Å². The van der Waals surface area contributed by atoms with Gasteiger partial charge in [-0.25, -0.2) is 0 Å². The largest absolute Gasteiger partial charge is 0.481 e. The van der Waals surface area contributed by atoms with Gasteiger partial charge in [0, 0.05) is 19.0 Å². The van der Waals surface area contributed by atoms with Crippen LogP contribution in [0.3, 0.4) is 0 Å². The van der Waals surface area contributed by atoms with Gasteiger partial charge in [-0.15, -0.1) is 0 Å². The third kappa shape index (κ3) is 3.25. The summed E-state index contributed by atoms with van der Waals surface area (Å²) in [6, 6.07) is 0.767. The third-order valence-corrected chi connectivity index (χ3v) is 4.99. The van der Waals surface area contributed by atoms with E-state index in [0.717, 1.165) is 25.6 Å². The van der Waals surface area contributed by atoms with Gasteiger partial charge in [-0.05, 0) is 37.1 Å². The van der Waals surface area contributed by atoms with Crippen molar-refractivity contribution in [2.45, 2.75) is 64.8 Å². The van der Waals surface area contributed by atoms with Crippen LogP contribution in [0.25, 0.3) is 0 Å². The Morgan fingerprint density at radius 2 is 1.89 bits per heavy atom. The lowest BCUT2D eigenvalue weighted by atomic mass is 9.71. The number of carboxylic acids is 1. The van der Waals surface area contributed by atoms with E-state index in [-0.39, 0.29) is 5.41 Å². The number of nitrogens with zero attached hydrogens (tertiary/aromatic N) is 1. The minimum absolute atomic E-state index is 0.147. The highest BCUT2D eigenvalue weighted by molar-refractivity contribution is 5.67. The number of carboxylic acid groups (broad SMARTS) is 1. The van der Waals surface area contributed by atoms with E-state index in [0.29, 0.717) is 12.3 Å². The maximum absolute atomic E-state index is 10.9. The van der Waals surface area contributed by atoms with Gasteiger partial charge in [0.2, 0.25) is 0 Å². The molecule has 0 amide bonds. The summed E-state index contributed by atoms with van der Waals surface area (Å²) in [6.07, 6.45) is 8.23. The van der Waals surface area contributed by atoms with Crippen LogP contribution in [0.2, 0.25) is 0 Å². The van der Waals surface area contributed by atoms with Crippen molar-refractivity contribution >= 4 is 5.97 Å². The second-order valence-corrected chi connectivity index (χ2v) is 6.83. The van der Waals surface area contributed by atoms with Crippen LogP contribution in [0.1, 0.15) is 58.8 Å². The average molecular weight is 253 g/mol. The quantitative estimate of drug-likeness (QED) is 0.840. The Hall–Kier alpha value is -0.570. The molecule has 2 aliphatic rings. The first-order valence-electron chi connectivity index (χ1n) is 7.45. The summed E-state index contributed by atoms with van der Waals surface area (Å²) in [4.78, 5) is 13.6. The van der Waals surface area contributed by atoms with Crippen molar-refractivity contribution < 1.29 is 9.90 Å². The Balaban J connectivity index is 1.93. The zero-order valence-electron chi connectivity index (χ0n) is 11.8. The van der Waals surface area contributed by atoms with E-state index in [1.807, 2.05) is 0 Å². The van der Waals surface area contributed by atoms with Gasteiger partial charge in [-0.2, -0.15) is 0 Å². The molecule has 1 heterocycles. The van der Waals surface area contributed by atoms with Crippen LogP contribution in [0.4, 0.5) is 0 Å². The minimum Gasteiger partial charge on any atom is -0.481 e. The Kier molecular flexibility index (Phi) is 4.31. The number of piperidine rings is 1. The molecule has 2 rings (SSSR count). The molecular formula is C15H27NO2. The highest BCUT2D eigenvalue weighted by atomic mass is 16.4. The Morgan fingerprint density at radius 1 is 1.22 bits per heavy atom. The monoisotopic (exact) mass is 253 g/mol. The first-order chi connectivity index (χ1) is 8.49. The summed E-state index contributed by atoms with van der Waals surface area (Å²) in [7, 11) is 0. The molecule has 0 aromatic carbocycles. The van der Waals surface area contributed by atoms with Gasteiger partial charge < -0.3 is 5.11 Å². The van der Waals surface area contributed by atoms with Crippen molar-refractivity contribution in [2.24, 2.45) is 11.3 Å². The van der Waals surface area contributed by atoms with E-state index in [4.69, 9.17) is 5.11 Å². The molecule has 1 saturated heterocycles. The topological polar surface area (TPSA) is 40.5 Å². The Bertz CT molecular complexity index is 295. The van der Waals surface area contributed by atoms with Gasteiger partial charge in [-0.1, -0.05) is 33.1 Å². The lowest BCUT2D eigenvalue weighted by molar-refractivity contribution is -0.140. The first kappa shape index (κ1) is 13.9. The van der Waals surface area contributed by atoms with Gasteiger partial charge >= 0.3 is 5.97 Å². The second kappa shape index (κ2) is 5.60. The molecule has 2 fully saturated rings. The molecule has 0 spiro atoms. The SMILES string of the molecule is CC1(C)CN(C2CCCCC2)CCC1CC(=O)O. The zero-order valence-corrected chi connectivity index (χ0v) is 11.8. The molecule has 0 aromatic heterocycles. The summed E-state index contributed by atoms with van der Waals surface area (Å²) in [5.41, 5.74) is 0.147. The smallest absolute Gasteiger partial charge is 0.303 e. The van der Waals surface area contributed by atoms with Crippen LogP contribution >= 0.6 is 0 Å². The summed E-state index contributed by atoms with van der Waals surface area (Å²) in [6.45, 7) is 6.67. The van der Waals surface area contributed by atoms with Crippen LogP contribution in [-0.4, -0.2) is 35.1 Å². The summed E-state index contributed by atoms with van der Waals surface area (Å²) in [5, 5.41) is 9.00. The number of likely N-dealkylation sites (tertiary alicyclic amines) is 1. The molecule has 18 heavy (non-hydrogen) atoms. The van der Waals surface area contributed by atoms with Crippen LogP contribution in [0, 0.1) is 11.3 Å². The molecule has 3 heteroatoms. The number of aliphatic carboxylic acids is 1. The van der Waals surface area contributed by atoms with Crippen molar-refractivity contribution in [1.82, 2.24) is 4.90 Å². The standard InChI is InChI=1S/C15H27NO2/c1-15(2)11-16(13-6-4-3-5-7-13)9-8-12(15)10-14(17)18/h12-13H,3-11H2,1-2H3,(H,17,18). The fraction of sp³-hybridized carbons (Fsp3) is 0.933. The third-order valence-electron chi connectivity index (χ3n) is 4.99. The predicted molar refractivity (Wildman–Crippen MR) is 72.6 cm³/mol. The van der Waals surface area contributed by atoms with E-state index in [9.17, 15) is 4.79 Å². The second-order valence-electron chi connectivity index (χ2n) is 6.83. The molecule has 1 aliphatic heterocycles. The van der Waals surface area contributed by atoms with Gasteiger partial charge in [0.1, 0.15) is 0 Å². The predicted octanol–water partition coefficient (Wildman–Crippen LogP) is 3.14. The van der Waals surface area contributed by atoms with Crippen LogP contribution in [-0.2, 0) is 4.79 Å². The number of hydrogen-bond acceptors (Lipinski definition) is 2. The van der Waals surface area contributed by atoms with Gasteiger partial charge in [0.05, 0.1) is 0 Å². The van der Waals surface area contributed by atoms with Crippen LogP contribution in [0.5, 0.6) is 0 Å². The van der Waals surface area contributed by atoms with Gasteiger partial charge in [-0.3, -0.25) is 9.69 Å². The van der Waals surface area contributed by atoms with E-state index in [1.54, 1.807) is 0 Å². The molecule has 104 valence electrons. The first-order valence-corrected chi connectivity index (χ1v) is 7.45. The minimum atomic E-state index is -0.640. The van der Waals surface area contributed by atoms with Crippen LogP contribution in [0.15, 0.2) is 0 Å². The summed E-state index contributed by atoms with van der Waals surface area (Å²) < 4.78 is 0. The summed E-state index contributed by atoms with van der Waals surface area (Å²) >= 11 is 0. The molecule has 1 N–H and O–H groups in total. The van der Waals surface area contributed by atoms with Crippen molar-refractivity contribution in [3.05, 3.63) is 0 Å². The molecule has 1 unspecified atom stereocenters. The molecule has 1 atom stereocenters.